The molecule has 0 aliphatic heterocycles. The minimum Gasteiger partial charge on any atom is -0.480 e. The number of unbranched alkanes of at least 4 members (excludes halogenated alkanes) is 1. The Kier molecular flexibility index (Phi) is 5.91. The molecule has 1 atom stereocenters. The van der Waals surface area contributed by atoms with Crippen molar-refractivity contribution in [1.29, 1.82) is 0 Å². The molecule has 0 spiro atoms. The molecule has 1 unspecified atom stereocenters. The third-order valence-corrected chi connectivity index (χ3v) is 4.10. The molecule has 9 heteroatoms. The molecule has 0 aliphatic rings. The minimum atomic E-state index is -3.78. The van der Waals surface area contributed by atoms with E-state index in [4.69, 9.17) is 9.52 Å². The Hall–Kier alpha value is -1.87. The van der Waals surface area contributed by atoms with Crippen molar-refractivity contribution in [2.75, 3.05) is 7.05 Å². The van der Waals surface area contributed by atoms with E-state index in [1.165, 1.54) is 7.05 Å². The number of carboxylic acids is 1. The van der Waals surface area contributed by atoms with E-state index in [0.717, 1.165) is 18.8 Å². The summed E-state index contributed by atoms with van der Waals surface area (Å²) in [6.07, 6.45) is 2.73. The minimum absolute atomic E-state index is 0.0495. The maximum absolute atomic E-state index is 11.9. The molecular weight excluding hydrogens is 300 g/mol. The molecule has 0 saturated heterocycles. The molecule has 0 saturated carbocycles. The summed E-state index contributed by atoms with van der Waals surface area (Å²) in [6, 6.07) is 0.0246. The lowest BCUT2D eigenvalue weighted by Crippen LogP contribution is -2.40. The van der Waals surface area contributed by atoms with Crippen LogP contribution in [0.1, 0.15) is 36.5 Å². The summed E-state index contributed by atoms with van der Waals surface area (Å²) in [5.41, 5.74) is -0.0495. The molecule has 1 rings (SSSR count). The van der Waals surface area contributed by atoms with E-state index in [1.807, 2.05) is 11.6 Å². The summed E-state index contributed by atoms with van der Waals surface area (Å²) < 4.78 is 29.8. The predicted molar refractivity (Wildman–Crippen MR) is 73.4 cm³/mol. The van der Waals surface area contributed by atoms with E-state index in [0.29, 0.717) is 12.8 Å². The zero-order valence-electron chi connectivity index (χ0n) is 11.8. The molecule has 118 valence electrons. The zero-order valence-corrected chi connectivity index (χ0v) is 12.6. The predicted octanol–water partition coefficient (Wildman–Crippen LogP) is 0.561. The third-order valence-electron chi connectivity index (χ3n) is 2.82. The number of aliphatic carboxylic acids is 1. The first-order valence-corrected chi connectivity index (χ1v) is 7.86. The number of carboxylic acid groups (broad SMARTS) is 1. The molecule has 0 fully saturated rings. The van der Waals surface area contributed by atoms with E-state index >= 15 is 0 Å². The lowest BCUT2D eigenvalue weighted by molar-refractivity contribution is -0.139. The smallest absolute Gasteiger partial charge is 0.326 e. The van der Waals surface area contributed by atoms with Crippen LogP contribution in [0.2, 0.25) is 0 Å². The van der Waals surface area contributed by atoms with Crippen LogP contribution in [0.4, 0.5) is 0 Å². The standard InChI is InChI=1S/C12H18N2O6S/c1-3-4-5-9(12(16)17)14-11(15)8-6-10(20-7-8)21(18,19)13-2/h6-7,9,13H,3-5H2,1-2H3,(H,14,15)(H,16,17). The maximum atomic E-state index is 11.9. The van der Waals surface area contributed by atoms with Gasteiger partial charge in [-0.05, 0) is 13.5 Å². The SMILES string of the molecule is CCCCC(NC(=O)c1coc(S(=O)(=O)NC)c1)C(=O)O. The number of amides is 1. The third kappa shape index (κ3) is 4.57. The highest BCUT2D eigenvalue weighted by Gasteiger charge is 2.23. The van der Waals surface area contributed by atoms with Crippen LogP contribution in [-0.2, 0) is 14.8 Å². The fourth-order valence-electron chi connectivity index (χ4n) is 1.58. The van der Waals surface area contributed by atoms with Gasteiger partial charge in [0.05, 0.1) is 5.56 Å². The van der Waals surface area contributed by atoms with Gasteiger partial charge in [-0.2, -0.15) is 0 Å². The Bertz CT molecular complexity index is 607. The Morgan fingerprint density at radius 2 is 2.10 bits per heavy atom. The largest absolute Gasteiger partial charge is 0.480 e. The van der Waals surface area contributed by atoms with Gasteiger partial charge in [0.1, 0.15) is 12.3 Å². The van der Waals surface area contributed by atoms with Crippen molar-refractivity contribution in [2.45, 2.75) is 37.3 Å². The van der Waals surface area contributed by atoms with Crippen molar-refractivity contribution in [3.63, 3.8) is 0 Å². The van der Waals surface area contributed by atoms with Crippen molar-refractivity contribution in [1.82, 2.24) is 10.0 Å². The van der Waals surface area contributed by atoms with Crippen LogP contribution in [-0.4, -0.2) is 38.5 Å². The number of hydrogen-bond acceptors (Lipinski definition) is 5. The van der Waals surface area contributed by atoms with Crippen LogP contribution in [0.15, 0.2) is 21.8 Å². The van der Waals surface area contributed by atoms with Gasteiger partial charge in [-0.15, -0.1) is 0 Å². The van der Waals surface area contributed by atoms with Gasteiger partial charge in [-0.1, -0.05) is 19.8 Å². The maximum Gasteiger partial charge on any atom is 0.326 e. The Morgan fingerprint density at radius 3 is 2.62 bits per heavy atom. The number of rotatable bonds is 8. The molecule has 1 aromatic heterocycles. The van der Waals surface area contributed by atoms with E-state index in [1.54, 1.807) is 0 Å². The first-order chi connectivity index (χ1) is 9.81. The van der Waals surface area contributed by atoms with Crippen LogP contribution in [0, 0.1) is 0 Å². The van der Waals surface area contributed by atoms with Crippen LogP contribution in [0.5, 0.6) is 0 Å². The van der Waals surface area contributed by atoms with Crippen LogP contribution in [0.3, 0.4) is 0 Å². The highest BCUT2D eigenvalue weighted by atomic mass is 32.2. The van der Waals surface area contributed by atoms with Crippen molar-refractivity contribution in [3.05, 3.63) is 17.9 Å². The summed E-state index contributed by atoms with van der Waals surface area (Å²) in [5, 5.41) is 11.0. The second-order valence-electron chi connectivity index (χ2n) is 4.37. The molecular formula is C12H18N2O6S. The number of carbonyl (C=O) groups excluding carboxylic acids is 1. The molecule has 8 nitrogen and oxygen atoms in total. The van der Waals surface area contributed by atoms with Gasteiger partial charge in [-0.3, -0.25) is 4.79 Å². The van der Waals surface area contributed by atoms with Crippen molar-refractivity contribution in [2.24, 2.45) is 0 Å². The molecule has 3 N–H and O–H groups in total. The highest BCUT2D eigenvalue weighted by Crippen LogP contribution is 2.14. The summed E-state index contributed by atoms with van der Waals surface area (Å²) >= 11 is 0. The lowest BCUT2D eigenvalue weighted by Gasteiger charge is -2.13. The first kappa shape index (κ1) is 17.2. The van der Waals surface area contributed by atoms with Gasteiger partial charge in [0, 0.05) is 6.07 Å². The summed E-state index contributed by atoms with van der Waals surface area (Å²) in [5.74, 6) is -1.83. The Morgan fingerprint density at radius 1 is 1.43 bits per heavy atom. The van der Waals surface area contributed by atoms with Gasteiger partial charge >= 0.3 is 5.97 Å². The molecule has 1 aromatic rings. The van der Waals surface area contributed by atoms with Gasteiger partial charge in [0.2, 0.25) is 5.09 Å². The monoisotopic (exact) mass is 318 g/mol. The average Bonchev–Trinajstić information content (AvgIpc) is 2.93. The number of carbonyl (C=O) groups is 2. The number of sulfonamides is 1. The molecule has 0 aliphatic carbocycles. The second kappa shape index (κ2) is 7.23. The average molecular weight is 318 g/mol. The van der Waals surface area contributed by atoms with Crippen molar-refractivity contribution in [3.8, 4) is 0 Å². The van der Waals surface area contributed by atoms with Gasteiger partial charge in [0.25, 0.3) is 15.9 Å². The van der Waals surface area contributed by atoms with Gasteiger partial charge in [0.15, 0.2) is 0 Å². The first-order valence-electron chi connectivity index (χ1n) is 6.37. The topological polar surface area (TPSA) is 126 Å². The fraction of sp³-hybridized carbons (Fsp3) is 0.500. The zero-order chi connectivity index (χ0) is 16.0. The van der Waals surface area contributed by atoms with E-state index in [9.17, 15) is 18.0 Å². The molecule has 0 aromatic carbocycles. The summed E-state index contributed by atoms with van der Waals surface area (Å²) in [4.78, 5) is 22.9. The summed E-state index contributed by atoms with van der Waals surface area (Å²) in [6.45, 7) is 1.91. The molecule has 0 bridgehead atoms. The van der Waals surface area contributed by atoms with Gasteiger partial charge < -0.3 is 14.8 Å². The Labute approximate surface area is 122 Å². The van der Waals surface area contributed by atoms with Crippen molar-refractivity contribution < 1.29 is 27.5 Å². The molecule has 1 heterocycles. The van der Waals surface area contributed by atoms with E-state index in [-0.39, 0.29) is 5.56 Å². The molecule has 0 radical (unpaired) electrons. The van der Waals surface area contributed by atoms with Crippen LogP contribution < -0.4 is 10.0 Å². The Balaban J connectivity index is 2.82. The molecule has 1 amide bonds. The van der Waals surface area contributed by atoms with Crippen LogP contribution >= 0.6 is 0 Å². The molecule has 21 heavy (non-hydrogen) atoms. The quantitative estimate of drug-likeness (QED) is 0.643. The lowest BCUT2D eigenvalue weighted by atomic mass is 10.1. The van der Waals surface area contributed by atoms with Crippen LogP contribution in [0.25, 0.3) is 0 Å². The van der Waals surface area contributed by atoms with Gasteiger partial charge in [-0.25, -0.2) is 17.9 Å². The highest BCUT2D eigenvalue weighted by molar-refractivity contribution is 7.89. The summed E-state index contributed by atoms with van der Waals surface area (Å²) in [7, 11) is -2.57. The van der Waals surface area contributed by atoms with Crippen molar-refractivity contribution >= 4 is 21.9 Å². The number of nitrogens with one attached hydrogen (secondary N) is 2. The number of furan rings is 1. The van der Waals surface area contributed by atoms with E-state index in [2.05, 4.69) is 5.32 Å². The normalized spacial score (nSPS) is 12.9. The fourth-order valence-corrected chi connectivity index (χ4v) is 2.24. The number of hydrogen-bond donors (Lipinski definition) is 3. The second-order valence-corrected chi connectivity index (χ2v) is 6.19. The van der Waals surface area contributed by atoms with E-state index < -0.39 is 33.0 Å².